The van der Waals surface area contributed by atoms with E-state index in [0.29, 0.717) is 6.61 Å². The Morgan fingerprint density at radius 3 is 2.50 bits per heavy atom. The normalized spacial score (nSPS) is 10.8. The van der Waals surface area contributed by atoms with Gasteiger partial charge in [-0.2, -0.15) is 5.10 Å². The first-order valence-corrected chi connectivity index (χ1v) is 7.80. The molecule has 0 atom stereocenters. The number of halogens is 1. The summed E-state index contributed by atoms with van der Waals surface area (Å²) in [7, 11) is 1.93. The summed E-state index contributed by atoms with van der Waals surface area (Å²) in [6.07, 6.45) is 3.61. The number of nitrogens with zero attached hydrogens (tertiary/aromatic N) is 2. The topological polar surface area (TPSA) is 27.1 Å². The van der Waals surface area contributed by atoms with E-state index in [1.807, 2.05) is 30.8 Å². The zero-order chi connectivity index (χ0) is 14.5. The first-order valence-electron chi connectivity index (χ1n) is 7.01. The van der Waals surface area contributed by atoms with Crippen molar-refractivity contribution in [3.63, 3.8) is 0 Å². The molecular weight excluding hydrogens is 316 g/mol. The standard InChI is InChI=1S/C16H21BrN2O/c1-4-5-6-13-7-9-14(10-8-13)20-11-15-16(17)12(2)18-19(15)3/h7-10H,4-6,11H2,1-3H3. The van der Waals surface area contributed by atoms with Crippen molar-refractivity contribution in [1.82, 2.24) is 9.78 Å². The molecule has 0 aliphatic carbocycles. The van der Waals surface area contributed by atoms with E-state index < -0.39 is 0 Å². The van der Waals surface area contributed by atoms with Crippen molar-refractivity contribution in [2.45, 2.75) is 39.7 Å². The fraction of sp³-hybridized carbons (Fsp3) is 0.438. The summed E-state index contributed by atoms with van der Waals surface area (Å²) in [5.74, 6) is 0.899. The van der Waals surface area contributed by atoms with Gasteiger partial charge in [0.1, 0.15) is 12.4 Å². The van der Waals surface area contributed by atoms with Crippen molar-refractivity contribution < 1.29 is 4.74 Å². The Morgan fingerprint density at radius 2 is 1.95 bits per heavy atom. The van der Waals surface area contributed by atoms with E-state index in [4.69, 9.17) is 4.74 Å². The van der Waals surface area contributed by atoms with E-state index in [0.717, 1.165) is 28.0 Å². The molecule has 0 amide bonds. The molecule has 0 aliphatic rings. The summed E-state index contributed by atoms with van der Waals surface area (Å²) in [5.41, 5.74) is 3.41. The van der Waals surface area contributed by atoms with Crippen molar-refractivity contribution >= 4 is 15.9 Å². The fourth-order valence-electron chi connectivity index (χ4n) is 2.12. The minimum absolute atomic E-state index is 0.520. The van der Waals surface area contributed by atoms with Crippen LogP contribution in [0, 0.1) is 6.92 Å². The van der Waals surface area contributed by atoms with E-state index in [9.17, 15) is 0 Å². The largest absolute Gasteiger partial charge is 0.487 e. The van der Waals surface area contributed by atoms with Crippen molar-refractivity contribution in [1.29, 1.82) is 0 Å². The zero-order valence-corrected chi connectivity index (χ0v) is 13.9. The third-order valence-electron chi connectivity index (χ3n) is 3.38. The summed E-state index contributed by atoms with van der Waals surface area (Å²) < 4.78 is 8.72. The summed E-state index contributed by atoms with van der Waals surface area (Å²) >= 11 is 3.55. The fourth-order valence-corrected chi connectivity index (χ4v) is 2.57. The maximum absolute atomic E-state index is 5.84. The van der Waals surface area contributed by atoms with Gasteiger partial charge in [0, 0.05) is 7.05 Å². The molecule has 0 fully saturated rings. The van der Waals surface area contributed by atoms with E-state index in [-0.39, 0.29) is 0 Å². The summed E-state index contributed by atoms with van der Waals surface area (Å²) in [5, 5.41) is 4.36. The maximum Gasteiger partial charge on any atom is 0.131 e. The number of unbranched alkanes of at least 4 members (excludes halogenated alkanes) is 1. The van der Waals surface area contributed by atoms with E-state index >= 15 is 0 Å². The van der Waals surface area contributed by atoms with Crippen LogP contribution in [-0.2, 0) is 20.1 Å². The van der Waals surface area contributed by atoms with Gasteiger partial charge >= 0.3 is 0 Å². The molecule has 3 nitrogen and oxygen atoms in total. The molecule has 0 spiro atoms. The van der Waals surface area contributed by atoms with Gasteiger partial charge in [0.2, 0.25) is 0 Å². The second-order valence-corrected chi connectivity index (χ2v) is 5.80. The Hall–Kier alpha value is -1.29. The van der Waals surface area contributed by atoms with Crippen LogP contribution in [0.2, 0.25) is 0 Å². The van der Waals surface area contributed by atoms with Gasteiger partial charge in [0.05, 0.1) is 15.9 Å². The Labute approximate surface area is 129 Å². The van der Waals surface area contributed by atoms with Crippen LogP contribution in [-0.4, -0.2) is 9.78 Å². The van der Waals surface area contributed by atoms with Gasteiger partial charge in [-0.1, -0.05) is 25.5 Å². The van der Waals surface area contributed by atoms with Crippen LogP contribution >= 0.6 is 15.9 Å². The van der Waals surface area contributed by atoms with Crippen molar-refractivity contribution in [2.75, 3.05) is 0 Å². The molecule has 0 saturated heterocycles. The molecule has 1 heterocycles. The van der Waals surface area contributed by atoms with E-state index in [1.165, 1.54) is 18.4 Å². The highest BCUT2D eigenvalue weighted by Gasteiger charge is 2.10. The lowest BCUT2D eigenvalue weighted by Crippen LogP contribution is -2.03. The zero-order valence-electron chi connectivity index (χ0n) is 12.3. The van der Waals surface area contributed by atoms with Gasteiger partial charge in [0.15, 0.2) is 0 Å². The Bertz CT molecular complexity index is 561. The maximum atomic E-state index is 5.84. The third kappa shape index (κ3) is 3.63. The first kappa shape index (κ1) is 15.1. The summed E-state index contributed by atoms with van der Waals surface area (Å²) in [6.45, 7) is 4.72. The van der Waals surface area contributed by atoms with Crippen molar-refractivity contribution in [3.8, 4) is 5.75 Å². The van der Waals surface area contributed by atoms with Crippen LogP contribution in [0.3, 0.4) is 0 Å². The lowest BCUT2D eigenvalue weighted by atomic mass is 10.1. The summed E-state index contributed by atoms with van der Waals surface area (Å²) in [4.78, 5) is 0. The average molecular weight is 337 g/mol. The molecular formula is C16H21BrN2O. The number of rotatable bonds is 6. The van der Waals surface area contributed by atoms with Gasteiger partial charge in [-0.05, 0) is 53.4 Å². The molecule has 2 rings (SSSR count). The Morgan fingerprint density at radius 1 is 1.25 bits per heavy atom. The number of benzene rings is 1. The lowest BCUT2D eigenvalue weighted by Gasteiger charge is -2.08. The lowest BCUT2D eigenvalue weighted by molar-refractivity contribution is 0.294. The van der Waals surface area contributed by atoms with Gasteiger partial charge in [0.25, 0.3) is 0 Å². The second kappa shape index (κ2) is 6.93. The molecule has 1 aromatic carbocycles. The highest BCUT2D eigenvalue weighted by Crippen LogP contribution is 2.22. The van der Waals surface area contributed by atoms with Crippen LogP contribution in [0.15, 0.2) is 28.7 Å². The monoisotopic (exact) mass is 336 g/mol. The Kier molecular flexibility index (Phi) is 5.24. The predicted octanol–water partition coefficient (Wildman–Crippen LogP) is 4.41. The van der Waals surface area contributed by atoms with Crippen molar-refractivity contribution in [3.05, 3.63) is 45.7 Å². The van der Waals surface area contributed by atoms with E-state index in [2.05, 4.69) is 40.1 Å². The molecule has 0 aliphatic heterocycles. The molecule has 108 valence electrons. The number of aromatic nitrogens is 2. The average Bonchev–Trinajstić information content (AvgIpc) is 2.69. The smallest absolute Gasteiger partial charge is 0.131 e. The van der Waals surface area contributed by atoms with Crippen LogP contribution in [0.1, 0.15) is 36.7 Å². The molecule has 0 radical (unpaired) electrons. The molecule has 0 N–H and O–H groups in total. The minimum atomic E-state index is 0.520. The summed E-state index contributed by atoms with van der Waals surface area (Å²) in [6, 6.07) is 8.38. The van der Waals surface area contributed by atoms with Crippen LogP contribution in [0.25, 0.3) is 0 Å². The minimum Gasteiger partial charge on any atom is -0.487 e. The highest BCUT2D eigenvalue weighted by molar-refractivity contribution is 9.10. The third-order valence-corrected chi connectivity index (χ3v) is 4.41. The Balaban J connectivity index is 1.97. The molecule has 20 heavy (non-hydrogen) atoms. The van der Waals surface area contributed by atoms with Gasteiger partial charge < -0.3 is 4.74 Å². The number of aryl methyl sites for hydroxylation is 3. The van der Waals surface area contributed by atoms with Crippen LogP contribution < -0.4 is 4.74 Å². The first-order chi connectivity index (χ1) is 9.61. The number of hydrogen-bond acceptors (Lipinski definition) is 2. The molecule has 2 aromatic rings. The number of ether oxygens (including phenoxy) is 1. The molecule has 0 bridgehead atoms. The number of hydrogen-bond donors (Lipinski definition) is 0. The molecule has 4 heteroatoms. The van der Waals surface area contributed by atoms with Gasteiger partial charge in [-0.3, -0.25) is 4.68 Å². The molecule has 0 saturated carbocycles. The van der Waals surface area contributed by atoms with Gasteiger partial charge in [-0.25, -0.2) is 0 Å². The highest BCUT2D eigenvalue weighted by atomic mass is 79.9. The van der Waals surface area contributed by atoms with Crippen molar-refractivity contribution in [2.24, 2.45) is 7.05 Å². The van der Waals surface area contributed by atoms with Crippen LogP contribution in [0.5, 0.6) is 5.75 Å². The predicted molar refractivity (Wildman–Crippen MR) is 85.0 cm³/mol. The van der Waals surface area contributed by atoms with Gasteiger partial charge in [-0.15, -0.1) is 0 Å². The quantitative estimate of drug-likeness (QED) is 0.781. The molecule has 0 unspecified atom stereocenters. The van der Waals surface area contributed by atoms with Crippen LogP contribution in [0.4, 0.5) is 0 Å². The van der Waals surface area contributed by atoms with E-state index in [1.54, 1.807) is 0 Å². The molecule has 1 aromatic heterocycles. The SMILES string of the molecule is CCCCc1ccc(OCc2c(Br)c(C)nn2C)cc1. The second-order valence-electron chi connectivity index (χ2n) is 5.01.